The molecule has 0 bridgehead atoms. The third-order valence-electron chi connectivity index (χ3n) is 3.44. The Balaban J connectivity index is 2.22. The van der Waals surface area contributed by atoms with Gasteiger partial charge in [0.15, 0.2) is 12.0 Å². The van der Waals surface area contributed by atoms with Gasteiger partial charge in [-0.05, 0) is 12.1 Å². The Morgan fingerprint density at radius 1 is 1.29 bits per heavy atom. The molecule has 124 valence electrons. The zero-order valence-corrected chi connectivity index (χ0v) is 13.1. The molecular formula is C16H11ClF3N3O. The molecule has 2 heterocycles. The highest BCUT2D eigenvalue weighted by atomic mass is 35.5. The molecule has 0 saturated heterocycles. The SMILES string of the molecule is C/[N+]([O-])=C/c1cn(-c2ncc(C(F)(F)F)cc2Cl)c2ccccc12. The van der Waals surface area contributed by atoms with Gasteiger partial charge in [0.2, 0.25) is 0 Å². The first-order chi connectivity index (χ1) is 11.3. The molecule has 0 aliphatic rings. The molecule has 0 atom stereocenters. The van der Waals surface area contributed by atoms with Crippen molar-refractivity contribution in [1.82, 2.24) is 9.55 Å². The van der Waals surface area contributed by atoms with Gasteiger partial charge < -0.3 is 5.21 Å². The predicted octanol–water partition coefficient (Wildman–Crippen LogP) is 4.26. The minimum Gasteiger partial charge on any atom is -0.624 e. The van der Waals surface area contributed by atoms with E-state index in [0.717, 1.165) is 17.6 Å². The molecule has 0 spiro atoms. The van der Waals surface area contributed by atoms with E-state index >= 15 is 0 Å². The Bertz CT molecular complexity index is 943. The molecule has 2 aromatic heterocycles. The van der Waals surface area contributed by atoms with Crippen LogP contribution in [0.1, 0.15) is 11.1 Å². The predicted molar refractivity (Wildman–Crippen MR) is 85.8 cm³/mol. The number of hydrogen-bond donors (Lipinski definition) is 0. The number of rotatable bonds is 2. The van der Waals surface area contributed by atoms with Crippen LogP contribution in [0.5, 0.6) is 0 Å². The maximum Gasteiger partial charge on any atom is 0.417 e. The van der Waals surface area contributed by atoms with Crippen LogP contribution in [0.3, 0.4) is 0 Å². The second-order valence-electron chi connectivity index (χ2n) is 5.17. The third kappa shape index (κ3) is 2.94. The molecule has 0 aliphatic heterocycles. The van der Waals surface area contributed by atoms with Crippen molar-refractivity contribution in [2.45, 2.75) is 6.18 Å². The van der Waals surface area contributed by atoms with E-state index in [9.17, 15) is 18.4 Å². The molecule has 0 saturated carbocycles. The van der Waals surface area contributed by atoms with Crippen molar-refractivity contribution in [2.75, 3.05) is 7.05 Å². The Hall–Kier alpha value is -2.54. The summed E-state index contributed by atoms with van der Waals surface area (Å²) in [6.07, 6.45) is -0.797. The summed E-state index contributed by atoms with van der Waals surface area (Å²) in [6, 6.07) is 7.99. The lowest BCUT2D eigenvalue weighted by molar-refractivity contribution is -0.416. The summed E-state index contributed by atoms with van der Waals surface area (Å²) in [5, 5.41) is 11.9. The molecule has 4 nitrogen and oxygen atoms in total. The van der Waals surface area contributed by atoms with E-state index in [4.69, 9.17) is 11.6 Å². The summed E-state index contributed by atoms with van der Waals surface area (Å²) in [5.41, 5.74) is 0.374. The van der Waals surface area contributed by atoms with E-state index in [0.29, 0.717) is 15.8 Å². The Morgan fingerprint density at radius 2 is 2.00 bits per heavy atom. The maximum absolute atomic E-state index is 12.8. The Labute approximate surface area is 140 Å². The summed E-state index contributed by atoms with van der Waals surface area (Å²) in [7, 11) is 1.34. The van der Waals surface area contributed by atoms with E-state index in [-0.39, 0.29) is 10.8 Å². The number of para-hydroxylation sites is 1. The summed E-state index contributed by atoms with van der Waals surface area (Å²) in [5.74, 6) is 0.161. The molecular weight excluding hydrogens is 343 g/mol. The van der Waals surface area contributed by atoms with Crippen LogP contribution in [-0.2, 0) is 6.18 Å². The van der Waals surface area contributed by atoms with Gasteiger partial charge in [-0.3, -0.25) is 4.57 Å². The summed E-state index contributed by atoms with van der Waals surface area (Å²) >= 11 is 6.02. The number of nitrogens with zero attached hydrogens (tertiary/aromatic N) is 3. The van der Waals surface area contributed by atoms with Crippen LogP contribution < -0.4 is 0 Å². The topological polar surface area (TPSA) is 43.9 Å². The van der Waals surface area contributed by atoms with Crippen LogP contribution in [-0.4, -0.2) is 27.6 Å². The van der Waals surface area contributed by atoms with Crippen molar-refractivity contribution in [2.24, 2.45) is 0 Å². The number of hydrogen-bond acceptors (Lipinski definition) is 2. The van der Waals surface area contributed by atoms with E-state index in [1.807, 2.05) is 0 Å². The average Bonchev–Trinajstić information content (AvgIpc) is 2.84. The van der Waals surface area contributed by atoms with Crippen LogP contribution in [0.25, 0.3) is 16.7 Å². The number of halogens is 4. The van der Waals surface area contributed by atoms with Gasteiger partial charge in [-0.1, -0.05) is 29.8 Å². The number of alkyl halides is 3. The van der Waals surface area contributed by atoms with Gasteiger partial charge in [0.1, 0.15) is 7.05 Å². The molecule has 1 aromatic carbocycles. The second kappa shape index (κ2) is 5.83. The first-order valence-electron chi connectivity index (χ1n) is 6.85. The van der Waals surface area contributed by atoms with Crippen molar-refractivity contribution in [3.63, 3.8) is 0 Å². The molecule has 0 radical (unpaired) electrons. The molecule has 0 fully saturated rings. The summed E-state index contributed by atoms with van der Waals surface area (Å²) in [6.45, 7) is 0. The minimum absolute atomic E-state index is 0.132. The highest BCUT2D eigenvalue weighted by Crippen LogP contribution is 2.33. The first-order valence-corrected chi connectivity index (χ1v) is 7.23. The molecule has 0 amide bonds. The lowest BCUT2D eigenvalue weighted by Gasteiger charge is -2.10. The van der Waals surface area contributed by atoms with Gasteiger partial charge in [0.25, 0.3) is 0 Å². The monoisotopic (exact) mass is 353 g/mol. The zero-order valence-electron chi connectivity index (χ0n) is 12.4. The van der Waals surface area contributed by atoms with E-state index < -0.39 is 11.7 Å². The van der Waals surface area contributed by atoms with Crippen molar-refractivity contribution in [3.8, 4) is 5.82 Å². The van der Waals surface area contributed by atoms with Gasteiger partial charge in [-0.15, -0.1) is 0 Å². The summed E-state index contributed by atoms with van der Waals surface area (Å²) < 4.78 is 40.5. The number of fused-ring (bicyclic) bond motifs is 1. The summed E-state index contributed by atoms with van der Waals surface area (Å²) in [4.78, 5) is 3.86. The number of pyridine rings is 1. The fourth-order valence-corrected chi connectivity index (χ4v) is 2.70. The van der Waals surface area contributed by atoms with Crippen LogP contribution >= 0.6 is 11.6 Å². The lowest BCUT2D eigenvalue weighted by Crippen LogP contribution is -2.07. The first kappa shape index (κ1) is 16.3. The van der Waals surface area contributed by atoms with Crippen LogP contribution in [0.2, 0.25) is 5.02 Å². The maximum atomic E-state index is 12.8. The van der Waals surface area contributed by atoms with Gasteiger partial charge in [0, 0.05) is 17.8 Å². The van der Waals surface area contributed by atoms with E-state index in [2.05, 4.69) is 4.98 Å². The van der Waals surface area contributed by atoms with Crippen molar-refractivity contribution in [3.05, 3.63) is 64.1 Å². The average molecular weight is 354 g/mol. The van der Waals surface area contributed by atoms with E-state index in [1.165, 1.54) is 13.3 Å². The normalized spacial score (nSPS) is 12.8. The molecule has 3 aromatic rings. The molecule has 24 heavy (non-hydrogen) atoms. The third-order valence-corrected chi connectivity index (χ3v) is 3.72. The van der Waals surface area contributed by atoms with Crippen molar-refractivity contribution < 1.29 is 17.9 Å². The molecule has 0 aliphatic carbocycles. The Kier molecular flexibility index (Phi) is 3.96. The van der Waals surface area contributed by atoms with Gasteiger partial charge in [-0.25, -0.2) is 9.72 Å². The molecule has 0 N–H and O–H groups in total. The number of hydroxylamine groups is 1. The number of aromatic nitrogens is 2. The van der Waals surface area contributed by atoms with Crippen LogP contribution in [0, 0.1) is 5.21 Å². The van der Waals surface area contributed by atoms with Gasteiger partial charge in [0.05, 0.1) is 21.7 Å². The minimum atomic E-state index is -4.52. The van der Waals surface area contributed by atoms with Crippen LogP contribution in [0.15, 0.2) is 42.7 Å². The van der Waals surface area contributed by atoms with Crippen molar-refractivity contribution in [1.29, 1.82) is 0 Å². The standard InChI is InChI=1S/C16H11ClF3N3O/c1-22(24)8-10-9-23(14-5-3-2-4-12(10)14)15-13(17)6-11(7-21-15)16(18,19)20/h2-9H,1H3/b22-8-. The lowest BCUT2D eigenvalue weighted by atomic mass is 10.2. The zero-order chi connectivity index (χ0) is 17.5. The quantitative estimate of drug-likeness (QED) is 0.299. The largest absolute Gasteiger partial charge is 0.624 e. The Morgan fingerprint density at radius 3 is 2.62 bits per heavy atom. The smallest absolute Gasteiger partial charge is 0.417 e. The molecule has 3 rings (SSSR count). The van der Waals surface area contributed by atoms with Crippen molar-refractivity contribution >= 4 is 28.7 Å². The van der Waals surface area contributed by atoms with Gasteiger partial charge >= 0.3 is 6.18 Å². The molecule has 8 heteroatoms. The van der Waals surface area contributed by atoms with Gasteiger partial charge in [-0.2, -0.15) is 13.2 Å². The fraction of sp³-hybridized carbons (Fsp3) is 0.125. The number of benzene rings is 1. The highest BCUT2D eigenvalue weighted by Gasteiger charge is 2.31. The second-order valence-corrected chi connectivity index (χ2v) is 5.58. The molecule has 0 unspecified atom stereocenters. The van der Waals surface area contributed by atoms with E-state index in [1.54, 1.807) is 35.0 Å². The highest BCUT2D eigenvalue weighted by molar-refractivity contribution is 6.32. The fourth-order valence-electron chi connectivity index (χ4n) is 2.44. The van der Waals surface area contributed by atoms with Crippen LogP contribution in [0.4, 0.5) is 13.2 Å².